The van der Waals surface area contributed by atoms with E-state index in [1.165, 1.54) is 51.4 Å². The van der Waals surface area contributed by atoms with Crippen LogP contribution >= 0.6 is 0 Å². The first-order valence-electron chi connectivity index (χ1n) is 7.10. The lowest BCUT2D eigenvalue weighted by Crippen LogP contribution is -2.14. The Morgan fingerprint density at radius 1 is 1.06 bits per heavy atom. The second-order valence-corrected chi connectivity index (χ2v) is 5.41. The van der Waals surface area contributed by atoms with Crippen LogP contribution in [0.3, 0.4) is 0 Å². The summed E-state index contributed by atoms with van der Waals surface area (Å²) in [5.41, 5.74) is 6.90. The predicted molar refractivity (Wildman–Crippen MR) is 68.1 cm³/mol. The minimum atomic E-state index is 0.870. The van der Waals surface area contributed by atoms with Crippen molar-refractivity contribution in [3.05, 3.63) is 22.5 Å². The summed E-state index contributed by atoms with van der Waals surface area (Å²) in [6, 6.07) is 0.870. The highest BCUT2D eigenvalue weighted by molar-refractivity contribution is 5.42. The third-order valence-corrected chi connectivity index (χ3v) is 4.53. The van der Waals surface area contributed by atoms with Gasteiger partial charge >= 0.3 is 0 Å². The van der Waals surface area contributed by atoms with E-state index in [0.717, 1.165) is 6.04 Å². The first kappa shape index (κ1) is 10.4. The molecule has 0 aliphatic carbocycles. The molecule has 1 aromatic heterocycles. The van der Waals surface area contributed by atoms with Crippen LogP contribution in [0.4, 0.5) is 0 Å². The molecule has 0 amide bonds. The summed E-state index contributed by atoms with van der Waals surface area (Å²) in [7, 11) is 0. The fraction of sp³-hybridized carbons (Fsp3) is 0.733. The Morgan fingerprint density at radius 3 is 2.62 bits per heavy atom. The van der Waals surface area contributed by atoms with Crippen molar-refractivity contribution in [2.45, 2.75) is 71.3 Å². The first-order chi connectivity index (χ1) is 7.86. The molecule has 1 aromatic rings. The molecular weight excluding hydrogens is 194 g/mol. The van der Waals surface area contributed by atoms with Crippen LogP contribution in [0.25, 0.3) is 0 Å². The summed E-state index contributed by atoms with van der Waals surface area (Å²) in [5.74, 6) is 0. The topological polar surface area (TPSA) is 4.93 Å². The van der Waals surface area contributed by atoms with Gasteiger partial charge in [0.25, 0.3) is 0 Å². The Bertz CT molecular complexity index is 396. The van der Waals surface area contributed by atoms with Crippen LogP contribution in [0.1, 0.15) is 68.1 Å². The van der Waals surface area contributed by atoms with Gasteiger partial charge in [-0.1, -0.05) is 20.3 Å². The van der Waals surface area contributed by atoms with Gasteiger partial charge in [0.2, 0.25) is 0 Å². The Morgan fingerprint density at radius 2 is 1.88 bits per heavy atom. The van der Waals surface area contributed by atoms with Gasteiger partial charge in [-0.2, -0.15) is 0 Å². The highest BCUT2D eigenvalue weighted by atomic mass is 15.1. The lowest BCUT2D eigenvalue weighted by Gasteiger charge is -2.23. The van der Waals surface area contributed by atoms with Gasteiger partial charge in [-0.25, -0.2) is 0 Å². The predicted octanol–water partition coefficient (Wildman–Crippen LogP) is 3.83. The molecule has 3 heterocycles. The van der Waals surface area contributed by atoms with Crippen molar-refractivity contribution in [1.29, 1.82) is 0 Å². The monoisotopic (exact) mass is 217 g/mol. The molecule has 0 radical (unpaired) electrons. The highest BCUT2D eigenvalue weighted by Crippen LogP contribution is 2.41. The molecule has 3 rings (SSSR count). The summed E-state index contributed by atoms with van der Waals surface area (Å²) in [4.78, 5) is 0. The highest BCUT2D eigenvalue weighted by Gasteiger charge is 2.32. The van der Waals surface area contributed by atoms with E-state index in [1.807, 2.05) is 0 Å². The Labute approximate surface area is 98.9 Å². The van der Waals surface area contributed by atoms with Crippen molar-refractivity contribution in [2.24, 2.45) is 0 Å². The second kappa shape index (κ2) is 3.94. The van der Waals surface area contributed by atoms with Gasteiger partial charge in [0.15, 0.2) is 0 Å². The molecule has 0 bridgehead atoms. The van der Waals surface area contributed by atoms with E-state index < -0.39 is 0 Å². The number of hydrogen-bond acceptors (Lipinski definition) is 0. The maximum Gasteiger partial charge on any atom is 0.0340 e. The molecule has 0 saturated carbocycles. The van der Waals surface area contributed by atoms with Gasteiger partial charge in [0, 0.05) is 17.4 Å². The zero-order chi connectivity index (χ0) is 11.1. The molecule has 0 fully saturated rings. The average molecular weight is 217 g/mol. The number of rotatable bonds is 3. The number of aromatic nitrogens is 1. The zero-order valence-corrected chi connectivity index (χ0v) is 10.7. The van der Waals surface area contributed by atoms with Crippen molar-refractivity contribution in [2.75, 3.05) is 0 Å². The fourth-order valence-electron chi connectivity index (χ4n) is 3.96. The Balaban J connectivity index is 2.15. The first-order valence-corrected chi connectivity index (χ1v) is 7.10. The average Bonchev–Trinajstić information content (AvgIpc) is 2.85. The van der Waals surface area contributed by atoms with E-state index in [1.54, 1.807) is 22.5 Å². The summed E-state index contributed by atoms with van der Waals surface area (Å²) in [6.07, 6.45) is 10.8. The Kier molecular flexibility index (Phi) is 2.57. The van der Waals surface area contributed by atoms with E-state index in [2.05, 4.69) is 18.4 Å². The van der Waals surface area contributed by atoms with Crippen molar-refractivity contribution in [1.82, 2.24) is 4.57 Å². The molecule has 1 unspecified atom stereocenters. The molecule has 0 aromatic carbocycles. The third-order valence-electron chi connectivity index (χ3n) is 4.53. The van der Waals surface area contributed by atoms with E-state index in [4.69, 9.17) is 0 Å². The zero-order valence-electron chi connectivity index (χ0n) is 10.7. The molecule has 0 N–H and O–H groups in total. The van der Waals surface area contributed by atoms with Crippen LogP contribution in [-0.2, 0) is 25.7 Å². The van der Waals surface area contributed by atoms with E-state index in [9.17, 15) is 0 Å². The van der Waals surface area contributed by atoms with Crippen molar-refractivity contribution >= 4 is 0 Å². The van der Waals surface area contributed by atoms with Gasteiger partial charge in [0.05, 0.1) is 0 Å². The van der Waals surface area contributed by atoms with Gasteiger partial charge in [-0.15, -0.1) is 0 Å². The van der Waals surface area contributed by atoms with E-state index in [-0.39, 0.29) is 0 Å². The van der Waals surface area contributed by atoms with Crippen LogP contribution < -0.4 is 0 Å². The smallest absolute Gasteiger partial charge is 0.0340 e. The van der Waals surface area contributed by atoms with Crippen molar-refractivity contribution < 1.29 is 0 Å². The van der Waals surface area contributed by atoms with Crippen LogP contribution in [0.5, 0.6) is 0 Å². The maximum atomic E-state index is 2.74. The molecule has 16 heavy (non-hydrogen) atoms. The Hall–Kier alpha value is -0.720. The minimum absolute atomic E-state index is 0.870. The summed E-state index contributed by atoms with van der Waals surface area (Å²) >= 11 is 0. The van der Waals surface area contributed by atoms with Crippen molar-refractivity contribution in [3.8, 4) is 0 Å². The standard InChI is InChI=1S/C15H23N/c1-3-6-13-12(4-2)14-8-5-7-11-9-10-15(13)16(11)14/h11H,3-10H2,1-2H3. The van der Waals surface area contributed by atoms with Crippen LogP contribution in [0, 0.1) is 0 Å². The quantitative estimate of drug-likeness (QED) is 0.725. The van der Waals surface area contributed by atoms with Crippen LogP contribution in [0.15, 0.2) is 0 Å². The largest absolute Gasteiger partial charge is 0.345 e. The van der Waals surface area contributed by atoms with Gasteiger partial charge in [-0.05, 0) is 56.1 Å². The molecular formula is C15H23N. The molecule has 0 spiro atoms. The van der Waals surface area contributed by atoms with Gasteiger partial charge in [-0.3, -0.25) is 0 Å². The van der Waals surface area contributed by atoms with E-state index >= 15 is 0 Å². The molecule has 1 atom stereocenters. The number of hydrogen-bond donors (Lipinski definition) is 0. The second-order valence-electron chi connectivity index (χ2n) is 5.41. The molecule has 88 valence electrons. The van der Waals surface area contributed by atoms with Gasteiger partial charge < -0.3 is 4.57 Å². The van der Waals surface area contributed by atoms with Gasteiger partial charge in [0.1, 0.15) is 0 Å². The summed E-state index contributed by atoms with van der Waals surface area (Å²) < 4.78 is 2.74. The lowest BCUT2D eigenvalue weighted by molar-refractivity contribution is 0.419. The van der Waals surface area contributed by atoms with Crippen molar-refractivity contribution in [3.63, 3.8) is 0 Å². The lowest BCUT2D eigenvalue weighted by atomic mass is 9.94. The maximum absolute atomic E-state index is 2.74. The fourth-order valence-corrected chi connectivity index (χ4v) is 3.96. The SMILES string of the molecule is CCCc1c(CC)c2n3c1CCC3CCC2. The third kappa shape index (κ3) is 1.30. The normalized spacial score (nSPS) is 22.5. The van der Waals surface area contributed by atoms with E-state index in [0.29, 0.717) is 0 Å². The molecule has 1 nitrogen and oxygen atoms in total. The number of nitrogens with zero attached hydrogens (tertiary/aromatic N) is 1. The molecule has 2 aliphatic rings. The summed E-state index contributed by atoms with van der Waals surface area (Å²) in [6.45, 7) is 4.65. The minimum Gasteiger partial charge on any atom is -0.345 e. The summed E-state index contributed by atoms with van der Waals surface area (Å²) in [5, 5.41) is 0. The molecule has 1 heteroatoms. The molecule has 0 saturated heterocycles. The van der Waals surface area contributed by atoms with Crippen LogP contribution in [0.2, 0.25) is 0 Å². The van der Waals surface area contributed by atoms with Crippen LogP contribution in [-0.4, -0.2) is 4.57 Å². The molecule has 2 aliphatic heterocycles.